The molecular formula is C27H26O5. The van der Waals surface area contributed by atoms with E-state index >= 15 is 0 Å². The first-order chi connectivity index (χ1) is 15.6. The first-order valence-electron chi connectivity index (χ1n) is 10.5. The van der Waals surface area contributed by atoms with Gasteiger partial charge in [0.15, 0.2) is 17.3 Å². The van der Waals surface area contributed by atoms with Gasteiger partial charge in [-0.15, -0.1) is 0 Å². The minimum atomic E-state index is -0.565. The molecule has 0 heterocycles. The van der Waals surface area contributed by atoms with Crippen LogP contribution >= 0.6 is 0 Å². The lowest BCUT2D eigenvalue weighted by Gasteiger charge is -2.12. The summed E-state index contributed by atoms with van der Waals surface area (Å²) in [4.78, 5) is 12.9. The fraction of sp³-hybridized carbons (Fsp3) is 0.222. The van der Waals surface area contributed by atoms with E-state index in [9.17, 15) is 9.90 Å². The molecule has 5 nitrogen and oxygen atoms in total. The average molecular weight is 431 g/mol. The Labute approximate surface area is 187 Å². The molecule has 1 aliphatic rings. The number of carbonyl (C=O) groups is 1. The fourth-order valence-corrected chi connectivity index (χ4v) is 3.88. The van der Waals surface area contributed by atoms with E-state index in [4.69, 9.17) is 14.2 Å². The Bertz CT molecular complexity index is 1130. The van der Waals surface area contributed by atoms with Gasteiger partial charge in [0.25, 0.3) is 0 Å². The van der Waals surface area contributed by atoms with E-state index < -0.39 is 6.10 Å². The van der Waals surface area contributed by atoms with Crippen LogP contribution in [0.4, 0.5) is 0 Å². The van der Waals surface area contributed by atoms with Crippen molar-refractivity contribution in [2.75, 3.05) is 20.8 Å². The molecule has 0 aromatic heterocycles. The van der Waals surface area contributed by atoms with Crippen molar-refractivity contribution < 1.29 is 24.1 Å². The highest BCUT2D eigenvalue weighted by atomic mass is 16.5. The number of carbonyl (C=O) groups excluding carboxylic acids is 1. The number of aliphatic hydroxyl groups is 1. The van der Waals surface area contributed by atoms with Crippen molar-refractivity contribution in [3.05, 3.63) is 94.6 Å². The Hall–Kier alpha value is -3.57. The first-order valence-corrected chi connectivity index (χ1v) is 10.5. The second-order valence-electron chi connectivity index (χ2n) is 7.68. The highest BCUT2D eigenvalue weighted by molar-refractivity contribution is 6.15. The number of ether oxygens (including phenoxy) is 3. The summed E-state index contributed by atoms with van der Waals surface area (Å²) in [5, 5.41) is 10.3. The third-order valence-corrected chi connectivity index (χ3v) is 5.57. The van der Waals surface area contributed by atoms with Gasteiger partial charge in [-0.3, -0.25) is 4.79 Å². The van der Waals surface area contributed by atoms with Crippen molar-refractivity contribution in [2.24, 2.45) is 0 Å². The Balaban J connectivity index is 1.43. The topological polar surface area (TPSA) is 65.0 Å². The van der Waals surface area contributed by atoms with Gasteiger partial charge in [-0.2, -0.15) is 0 Å². The standard InChI is InChI=1S/C27H26O5/c1-30-25-16-20-15-21(27(29)23(20)17-26(25)31-2)13-18-7-6-10-22(14-18)32-12-11-24(28)19-8-4-3-5-9-19/h3-10,13-14,16-17,24,28H,11-12,15H2,1-2H3/t24-/m1/s1. The molecule has 0 saturated carbocycles. The maximum absolute atomic E-state index is 12.9. The summed E-state index contributed by atoms with van der Waals surface area (Å²) in [6.45, 7) is 0.389. The van der Waals surface area contributed by atoms with E-state index in [1.54, 1.807) is 20.3 Å². The lowest BCUT2D eigenvalue weighted by Crippen LogP contribution is -2.05. The number of benzene rings is 3. The van der Waals surface area contributed by atoms with Crippen LogP contribution in [0.3, 0.4) is 0 Å². The number of hydrogen-bond donors (Lipinski definition) is 1. The summed E-state index contributed by atoms with van der Waals surface area (Å²) in [7, 11) is 3.15. The molecule has 32 heavy (non-hydrogen) atoms. The number of allylic oxidation sites excluding steroid dienone is 1. The summed E-state index contributed by atoms with van der Waals surface area (Å²) in [6.07, 6.45) is 2.37. The maximum atomic E-state index is 12.9. The fourth-order valence-electron chi connectivity index (χ4n) is 3.88. The van der Waals surface area contributed by atoms with Crippen LogP contribution in [0.25, 0.3) is 6.08 Å². The van der Waals surface area contributed by atoms with E-state index in [0.29, 0.717) is 47.8 Å². The van der Waals surface area contributed by atoms with Gasteiger partial charge < -0.3 is 19.3 Å². The number of aliphatic hydroxyl groups excluding tert-OH is 1. The molecule has 0 radical (unpaired) electrons. The Morgan fingerprint density at radius 2 is 1.72 bits per heavy atom. The number of Topliss-reactive ketones (excluding diaryl/α,β-unsaturated/α-hetero) is 1. The molecule has 1 atom stereocenters. The molecule has 0 saturated heterocycles. The van der Waals surface area contributed by atoms with Gasteiger partial charge in [0, 0.05) is 24.0 Å². The van der Waals surface area contributed by atoms with Crippen molar-refractivity contribution >= 4 is 11.9 Å². The lowest BCUT2D eigenvalue weighted by molar-refractivity contribution is 0.104. The number of fused-ring (bicyclic) bond motifs is 1. The van der Waals surface area contributed by atoms with Gasteiger partial charge in [0.2, 0.25) is 0 Å². The summed E-state index contributed by atoms with van der Waals surface area (Å²) >= 11 is 0. The van der Waals surface area contributed by atoms with Crippen LogP contribution in [0.2, 0.25) is 0 Å². The van der Waals surface area contributed by atoms with E-state index in [1.807, 2.05) is 66.7 Å². The Morgan fingerprint density at radius 1 is 0.969 bits per heavy atom. The molecule has 164 valence electrons. The second kappa shape index (κ2) is 9.71. The van der Waals surface area contributed by atoms with Crippen molar-refractivity contribution in [3.63, 3.8) is 0 Å². The number of methoxy groups -OCH3 is 2. The van der Waals surface area contributed by atoms with Crippen LogP contribution in [0.15, 0.2) is 72.3 Å². The number of rotatable bonds is 8. The molecule has 0 amide bonds. The molecule has 3 aromatic carbocycles. The highest BCUT2D eigenvalue weighted by Crippen LogP contribution is 2.37. The van der Waals surface area contributed by atoms with E-state index in [-0.39, 0.29) is 5.78 Å². The highest BCUT2D eigenvalue weighted by Gasteiger charge is 2.27. The van der Waals surface area contributed by atoms with Crippen molar-refractivity contribution in [1.29, 1.82) is 0 Å². The predicted molar refractivity (Wildman–Crippen MR) is 124 cm³/mol. The quantitative estimate of drug-likeness (QED) is 0.508. The molecule has 0 spiro atoms. The van der Waals surface area contributed by atoms with Crippen LogP contribution in [-0.4, -0.2) is 31.7 Å². The normalized spacial score (nSPS) is 14.8. The maximum Gasteiger partial charge on any atom is 0.189 e. The lowest BCUT2D eigenvalue weighted by atomic mass is 10.1. The third-order valence-electron chi connectivity index (χ3n) is 5.57. The minimum absolute atomic E-state index is 0.00161. The van der Waals surface area contributed by atoms with Gasteiger partial charge in [0.05, 0.1) is 26.9 Å². The van der Waals surface area contributed by atoms with Crippen molar-refractivity contribution in [1.82, 2.24) is 0 Å². The summed E-state index contributed by atoms with van der Waals surface area (Å²) < 4.78 is 16.5. The van der Waals surface area contributed by atoms with Crippen LogP contribution in [0, 0.1) is 0 Å². The largest absolute Gasteiger partial charge is 0.493 e. The summed E-state index contributed by atoms with van der Waals surface area (Å²) in [5.41, 5.74) is 4.06. The zero-order chi connectivity index (χ0) is 22.5. The van der Waals surface area contributed by atoms with Crippen LogP contribution in [0.1, 0.15) is 39.6 Å². The molecule has 3 aromatic rings. The Kier molecular flexibility index (Phi) is 6.57. The smallest absolute Gasteiger partial charge is 0.189 e. The summed E-state index contributed by atoms with van der Waals surface area (Å²) in [5.74, 6) is 1.87. The van der Waals surface area contributed by atoms with Crippen LogP contribution in [-0.2, 0) is 6.42 Å². The minimum Gasteiger partial charge on any atom is -0.493 e. The van der Waals surface area contributed by atoms with E-state index in [2.05, 4.69) is 0 Å². The monoisotopic (exact) mass is 430 g/mol. The molecule has 1 N–H and O–H groups in total. The third kappa shape index (κ3) is 4.68. The van der Waals surface area contributed by atoms with Gasteiger partial charge in [-0.25, -0.2) is 0 Å². The Morgan fingerprint density at radius 3 is 2.47 bits per heavy atom. The van der Waals surface area contributed by atoms with Crippen molar-refractivity contribution in [3.8, 4) is 17.2 Å². The van der Waals surface area contributed by atoms with Crippen LogP contribution < -0.4 is 14.2 Å². The SMILES string of the molecule is COc1cc2c(cc1OC)C(=O)C(=Cc1cccc(OCC[C@@H](O)c3ccccc3)c1)C2. The van der Waals surface area contributed by atoms with Gasteiger partial charge in [0.1, 0.15) is 5.75 Å². The zero-order valence-electron chi connectivity index (χ0n) is 18.2. The van der Waals surface area contributed by atoms with E-state index in [0.717, 1.165) is 16.7 Å². The molecule has 0 aliphatic heterocycles. The van der Waals surface area contributed by atoms with Crippen molar-refractivity contribution in [2.45, 2.75) is 18.9 Å². The molecule has 5 heteroatoms. The van der Waals surface area contributed by atoms with Gasteiger partial charge in [-0.1, -0.05) is 42.5 Å². The molecular weight excluding hydrogens is 404 g/mol. The second-order valence-corrected chi connectivity index (χ2v) is 7.68. The summed E-state index contributed by atoms with van der Waals surface area (Å²) in [6, 6.07) is 20.8. The van der Waals surface area contributed by atoms with Gasteiger partial charge >= 0.3 is 0 Å². The number of hydrogen-bond acceptors (Lipinski definition) is 5. The van der Waals surface area contributed by atoms with E-state index in [1.165, 1.54) is 0 Å². The first kappa shape index (κ1) is 21.7. The number of ketones is 1. The molecule has 1 aliphatic carbocycles. The molecule has 4 rings (SSSR count). The molecule has 0 fully saturated rings. The van der Waals surface area contributed by atoms with Crippen LogP contribution in [0.5, 0.6) is 17.2 Å². The average Bonchev–Trinajstić information content (AvgIpc) is 3.13. The van der Waals surface area contributed by atoms with Gasteiger partial charge in [-0.05, 0) is 47.0 Å². The molecule has 0 bridgehead atoms. The zero-order valence-corrected chi connectivity index (χ0v) is 18.2. The predicted octanol–water partition coefficient (Wildman–Crippen LogP) is 5.03. The molecule has 0 unspecified atom stereocenters.